The van der Waals surface area contributed by atoms with Crippen molar-refractivity contribution >= 4 is 28.9 Å². The molecule has 0 unspecified atom stereocenters. The number of ether oxygens (including phenoxy) is 3. The first-order valence-electron chi connectivity index (χ1n) is 9.63. The summed E-state index contributed by atoms with van der Waals surface area (Å²) >= 11 is 1.09. The minimum Gasteiger partial charge on any atom is -0.493 e. The van der Waals surface area contributed by atoms with Gasteiger partial charge in [0.05, 0.1) is 27.0 Å². The van der Waals surface area contributed by atoms with Crippen LogP contribution in [0.1, 0.15) is 32.5 Å². The Hall–Kier alpha value is -3.59. The number of rotatable bonds is 6. The molecule has 166 valence electrons. The second kappa shape index (κ2) is 8.51. The minimum atomic E-state index is -1.12. The zero-order valence-corrected chi connectivity index (χ0v) is 18.3. The number of amides is 1. The molecule has 0 bridgehead atoms. The van der Waals surface area contributed by atoms with Crippen LogP contribution in [0.3, 0.4) is 0 Å². The summed E-state index contributed by atoms with van der Waals surface area (Å²) in [5, 5.41) is 12.7. The van der Waals surface area contributed by atoms with Crippen molar-refractivity contribution in [1.29, 1.82) is 0 Å². The molecule has 2 heterocycles. The molecular weight excluding hydrogens is 437 g/mol. The molecule has 1 aromatic heterocycles. The first-order chi connectivity index (χ1) is 15.4. The molecule has 2 aromatic carbocycles. The summed E-state index contributed by atoms with van der Waals surface area (Å²) in [5.74, 6) is -0.954. The fourth-order valence-electron chi connectivity index (χ4n) is 3.90. The number of anilines is 1. The molecule has 4 rings (SSSR count). The van der Waals surface area contributed by atoms with Crippen LogP contribution in [0.4, 0.5) is 10.1 Å². The molecular formula is C23H20FNO6S. The Kier molecular flexibility index (Phi) is 5.75. The molecule has 0 aliphatic carbocycles. The van der Waals surface area contributed by atoms with Gasteiger partial charge in [0.25, 0.3) is 0 Å². The topological polar surface area (TPSA) is 94.1 Å². The number of methoxy groups -OCH3 is 3. The number of benzene rings is 2. The second-order valence-electron chi connectivity index (χ2n) is 7.12. The molecule has 0 saturated heterocycles. The van der Waals surface area contributed by atoms with E-state index in [1.165, 1.54) is 45.6 Å². The van der Waals surface area contributed by atoms with Crippen LogP contribution in [0.25, 0.3) is 11.1 Å². The second-order valence-corrected chi connectivity index (χ2v) is 8.17. The van der Waals surface area contributed by atoms with Crippen LogP contribution in [0.15, 0.2) is 36.4 Å². The first kappa shape index (κ1) is 21.6. The molecule has 0 saturated carbocycles. The van der Waals surface area contributed by atoms with E-state index >= 15 is 0 Å². The molecule has 1 aliphatic rings. The third kappa shape index (κ3) is 3.64. The smallest absolute Gasteiger partial charge is 0.346 e. The van der Waals surface area contributed by atoms with Gasteiger partial charge in [-0.2, -0.15) is 0 Å². The Morgan fingerprint density at radius 2 is 1.72 bits per heavy atom. The lowest BCUT2D eigenvalue weighted by Gasteiger charge is -2.25. The van der Waals surface area contributed by atoms with Gasteiger partial charge in [-0.1, -0.05) is 12.1 Å². The minimum absolute atomic E-state index is 0.0706. The number of thiophene rings is 1. The normalized spacial score (nSPS) is 15.0. The lowest BCUT2D eigenvalue weighted by molar-refractivity contribution is -0.116. The van der Waals surface area contributed by atoms with Crippen molar-refractivity contribution in [2.45, 2.75) is 12.3 Å². The highest BCUT2D eigenvalue weighted by atomic mass is 32.1. The molecule has 7 nitrogen and oxygen atoms in total. The third-order valence-corrected chi connectivity index (χ3v) is 6.61. The third-order valence-electron chi connectivity index (χ3n) is 5.32. The van der Waals surface area contributed by atoms with E-state index in [2.05, 4.69) is 5.32 Å². The summed E-state index contributed by atoms with van der Waals surface area (Å²) in [6.45, 7) is 0. The van der Waals surface area contributed by atoms with Crippen molar-refractivity contribution in [1.82, 2.24) is 0 Å². The number of carbonyl (C=O) groups excluding carboxylic acids is 1. The van der Waals surface area contributed by atoms with E-state index in [-0.39, 0.29) is 17.2 Å². The Morgan fingerprint density at radius 1 is 1.09 bits per heavy atom. The standard InChI is InChI=1S/C23H20FNO6S/c1-29-15-8-12(9-16(30-2)20(15)31-3)14-10-17(26)25-19-18(11-4-6-13(24)7-5-11)22(23(27)28)32-21(14)19/h4-9,14H,10H2,1-3H3,(H,25,26)(H,27,28)/t14-/m0/s1. The van der Waals surface area contributed by atoms with Gasteiger partial charge in [-0.15, -0.1) is 11.3 Å². The predicted molar refractivity (Wildman–Crippen MR) is 118 cm³/mol. The van der Waals surface area contributed by atoms with E-state index in [4.69, 9.17) is 14.2 Å². The number of hydrogen-bond donors (Lipinski definition) is 2. The van der Waals surface area contributed by atoms with Gasteiger partial charge >= 0.3 is 5.97 Å². The Morgan fingerprint density at radius 3 is 2.25 bits per heavy atom. The summed E-state index contributed by atoms with van der Waals surface area (Å²) in [6, 6.07) is 9.02. The van der Waals surface area contributed by atoms with Gasteiger partial charge in [-0.25, -0.2) is 9.18 Å². The number of aromatic carboxylic acids is 1. The predicted octanol–water partition coefficient (Wildman–Crippen LogP) is 4.75. The van der Waals surface area contributed by atoms with E-state index in [1.54, 1.807) is 12.1 Å². The van der Waals surface area contributed by atoms with Gasteiger partial charge < -0.3 is 24.6 Å². The molecule has 32 heavy (non-hydrogen) atoms. The maximum atomic E-state index is 13.5. The van der Waals surface area contributed by atoms with Crippen LogP contribution < -0.4 is 19.5 Å². The molecule has 1 amide bonds. The number of nitrogens with one attached hydrogen (secondary N) is 1. The van der Waals surface area contributed by atoms with Crippen LogP contribution in [-0.2, 0) is 4.79 Å². The highest BCUT2D eigenvalue weighted by Crippen LogP contribution is 2.51. The first-order valence-corrected chi connectivity index (χ1v) is 10.4. The Labute approximate surface area is 187 Å². The quantitative estimate of drug-likeness (QED) is 0.555. The van der Waals surface area contributed by atoms with Crippen LogP contribution in [0.5, 0.6) is 17.2 Å². The molecule has 0 radical (unpaired) electrons. The average Bonchev–Trinajstić information content (AvgIpc) is 3.17. The molecule has 2 N–H and O–H groups in total. The van der Waals surface area contributed by atoms with Crippen molar-refractivity contribution in [3.63, 3.8) is 0 Å². The maximum Gasteiger partial charge on any atom is 0.346 e. The maximum absolute atomic E-state index is 13.5. The van der Waals surface area contributed by atoms with Crippen molar-refractivity contribution in [3.05, 3.63) is 57.5 Å². The highest BCUT2D eigenvalue weighted by molar-refractivity contribution is 7.15. The highest BCUT2D eigenvalue weighted by Gasteiger charge is 2.35. The van der Waals surface area contributed by atoms with Gasteiger partial charge in [0.1, 0.15) is 10.7 Å². The number of halogens is 1. The molecule has 9 heteroatoms. The van der Waals surface area contributed by atoms with E-state index < -0.39 is 17.7 Å². The van der Waals surface area contributed by atoms with Gasteiger partial charge in [-0.05, 0) is 35.4 Å². The van der Waals surface area contributed by atoms with Crippen LogP contribution in [-0.4, -0.2) is 38.3 Å². The molecule has 1 aliphatic heterocycles. The van der Waals surface area contributed by atoms with E-state index in [9.17, 15) is 19.1 Å². The molecule has 3 aromatic rings. The Bertz CT molecular complexity index is 1180. The number of carboxylic acids is 1. The van der Waals surface area contributed by atoms with Crippen LogP contribution in [0, 0.1) is 5.82 Å². The number of fused-ring (bicyclic) bond motifs is 1. The number of hydrogen-bond acceptors (Lipinski definition) is 6. The molecule has 0 spiro atoms. The number of carbonyl (C=O) groups is 2. The average molecular weight is 457 g/mol. The van der Waals surface area contributed by atoms with Gasteiger partial charge in [0.15, 0.2) is 11.5 Å². The Balaban J connectivity index is 1.93. The fraction of sp³-hybridized carbons (Fsp3) is 0.217. The van der Waals surface area contributed by atoms with Crippen molar-refractivity contribution in [2.75, 3.05) is 26.6 Å². The van der Waals surface area contributed by atoms with Crippen molar-refractivity contribution in [2.24, 2.45) is 0 Å². The summed E-state index contributed by atoms with van der Waals surface area (Å²) in [4.78, 5) is 25.5. The van der Waals surface area contributed by atoms with Gasteiger partial charge in [0.2, 0.25) is 11.7 Å². The lowest BCUT2D eigenvalue weighted by atomic mass is 9.88. The van der Waals surface area contributed by atoms with E-state index in [0.29, 0.717) is 38.9 Å². The summed E-state index contributed by atoms with van der Waals surface area (Å²) in [5.41, 5.74) is 2.02. The van der Waals surface area contributed by atoms with E-state index in [1.807, 2.05) is 0 Å². The molecule has 0 fully saturated rings. The van der Waals surface area contributed by atoms with Crippen molar-refractivity contribution in [3.8, 4) is 28.4 Å². The largest absolute Gasteiger partial charge is 0.493 e. The number of carboxylic acid groups (broad SMARTS) is 1. The zero-order valence-electron chi connectivity index (χ0n) is 17.5. The monoisotopic (exact) mass is 457 g/mol. The molecule has 1 atom stereocenters. The zero-order chi connectivity index (χ0) is 23.0. The lowest BCUT2D eigenvalue weighted by Crippen LogP contribution is -2.22. The summed E-state index contributed by atoms with van der Waals surface area (Å²) < 4.78 is 29.7. The van der Waals surface area contributed by atoms with Gasteiger partial charge in [-0.3, -0.25) is 4.79 Å². The summed E-state index contributed by atoms with van der Waals surface area (Å²) in [6.07, 6.45) is 0.119. The van der Waals surface area contributed by atoms with Crippen molar-refractivity contribution < 1.29 is 33.3 Å². The summed E-state index contributed by atoms with van der Waals surface area (Å²) in [7, 11) is 4.50. The van der Waals surface area contributed by atoms with E-state index in [0.717, 1.165) is 16.9 Å². The van der Waals surface area contributed by atoms with Crippen LogP contribution >= 0.6 is 11.3 Å². The van der Waals surface area contributed by atoms with Gasteiger partial charge in [0, 0.05) is 22.8 Å². The SMILES string of the molecule is COc1cc([C@@H]2CC(=O)Nc3c2sc(C(=O)O)c3-c2ccc(F)cc2)cc(OC)c1OC. The van der Waals surface area contributed by atoms with Crippen LogP contribution in [0.2, 0.25) is 0 Å². The fourth-order valence-corrected chi connectivity index (χ4v) is 5.15.